The fraction of sp³-hybridized carbons (Fsp3) is 0.235. The lowest BCUT2D eigenvalue weighted by molar-refractivity contribution is 1.08. The Morgan fingerprint density at radius 1 is 0.895 bits per heavy atom. The zero-order valence-electron chi connectivity index (χ0n) is 11.4. The molecule has 2 aromatic carbocycles. The first-order valence-corrected chi connectivity index (χ1v) is 7.04. The molecule has 0 bridgehead atoms. The molecule has 0 saturated heterocycles. The van der Waals surface area contributed by atoms with Crippen LogP contribution in [0.1, 0.15) is 30.5 Å². The lowest BCUT2D eigenvalue weighted by Crippen LogP contribution is -1.94. The summed E-state index contributed by atoms with van der Waals surface area (Å²) in [4.78, 5) is 4.65. The van der Waals surface area contributed by atoms with E-state index in [2.05, 4.69) is 37.0 Å². The first-order chi connectivity index (χ1) is 9.26. The smallest absolute Gasteiger partial charge is 0.136 e. The molecule has 1 nitrogen and oxygen atoms in total. The maximum absolute atomic E-state index is 6.35. The van der Waals surface area contributed by atoms with Crippen LogP contribution >= 0.6 is 11.6 Å². The van der Waals surface area contributed by atoms with E-state index in [1.54, 1.807) is 0 Å². The molecule has 0 aliphatic rings. The van der Waals surface area contributed by atoms with Crippen molar-refractivity contribution in [1.82, 2.24) is 0 Å². The zero-order chi connectivity index (χ0) is 13.7. The molecule has 98 valence electrons. The van der Waals surface area contributed by atoms with Gasteiger partial charge in [0.1, 0.15) is 5.17 Å². The number of rotatable bonds is 4. The van der Waals surface area contributed by atoms with Gasteiger partial charge in [-0.05, 0) is 24.0 Å². The minimum Gasteiger partial charge on any atom is -0.236 e. The van der Waals surface area contributed by atoms with Crippen LogP contribution in [0.15, 0.2) is 53.5 Å². The van der Waals surface area contributed by atoms with Crippen LogP contribution in [0.2, 0.25) is 0 Å². The second kappa shape index (κ2) is 6.53. The molecule has 0 radical (unpaired) electrons. The van der Waals surface area contributed by atoms with Crippen molar-refractivity contribution in [3.63, 3.8) is 0 Å². The predicted octanol–water partition coefficient (Wildman–Crippen LogP) is 5.13. The number of para-hydroxylation sites is 1. The normalized spacial score (nSPS) is 11.6. The summed E-state index contributed by atoms with van der Waals surface area (Å²) < 4.78 is 0. The first kappa shape index (κ1) is 13.8. The predicted molar refractivity (Wildman–Crippen MR) is 83.7 cm³/mol. The minimum absolute atomic E-state index is 0.552. The highest BCUT2D eigenvalue weighted by molar-refractivity contribution is 6.69. The molecule has 2 rings (SSSR count). The highest BCUT2D eigenvalue weighted by Crippen LogP contribution is 2.27. The molecule has 0 N–H and O–H groups in total. The van der Waals surface area contributed by atoms with Gasteiger partial charge < -0.3 is 0 Å². The van der Waals surface area contributed by atoms with Gasteiger partial charge in [0.05, 0.1) is 5.69 Å². The first-order valence-electron chi connectivity index (χ1n) is 6.66. The molecule has 2 aromatic rings. The van der Waals surface area contributed by atoms with Crippen LogP contribution in [0.3, 0.4) is 0 Å². The van der Waals surface area contributed by atoms with E-state index < -0.39 is 0 Å². The van der Waals surface area contributed by atoms with Gasteiger partial charge in [-0.2, -0.15) is 0 Å². The monoisotopic (exact) mass is 271 g/mol. The summed E-state index contributed by atoms with van der Waals surface area (Å²) in [5.41, 5.74) is 4.47. The highest BCUT2D eigenvalue weighted by Gasteiger charge is 2.07. The fourth-order valence-corrected chi connectivity index (χ4v) is 2.31. The van der Waals surface area contributed by atoms with Crippen molar-refractivity contribution < 1.29 is 0 Å². The zero-order valence-corrected chi connectivity index (χ0v) is 12.1. The molecular weight excluding hydrogens is 254 g/mol. The van der Waals surface area contributed by atoms with E-state index in [4.69, 9.17) is 11.6 Å². The van der Waals surface area contributed by atoms with Crippen molar-refractivity contribution >= 4 is 22.5 Å². The Hall–Kier alpha value is -1.60. The van der Waals surface area contributed by atoms with Crippen molar-refractivity contribution in [3.05, 3.63) is 65.2 Å². The van der Waals surface area contributed by atoms with E-state index in [1.807, 2.05) is 30.3 Å². The molecule has 0 aliphatic heterocycles. The maximum Gasteiger partial charge on any atom is 0.136 e. The average molecular weight is 272 g/mol. The van der Waals surface area contributed by atoms with Crippen molar-refractivity contribution in [2.75, 3.05) is 0 Å². The Labute approximate surface area is 120 Å². The summed E-state index contributed by atoms with van der Waals surface area (Å²) in [6.45, 7) is 4.29. The highest BCUT2D eigenvalue weighted by atomic mass is 35.5. The maximum atomic E-state index is 6.35. The number of hydrogen-bond donors (Lipinski definition) is 0. The van der Waals surface area contributed by atoms with Gasteiger partial charge in [-0.1, -0.05) is 74.0 Å². The third-order valence-corrected chi connectivity index (χ3v) is 3.49. The number of hydrogen-bond acceptors (Lipinski definition) is 1. The molecule has 19 heavy (non-hydrogen) atoms. The van der Waals surface area contributed by atoms with Crippen LogP contribution in [0.5, 0.6) is 0 Å². The largest absolute Gasteiger partial charge is 0.236 e. The second-order valence-electron chi connectivity index (χ2n) is 4.40. The molecule has 0 spiro atoms. The summed E-state index contributed by atoms with van der Waals surface area (Å²) in [6.07, 6.45) is 1.93. The van der Waals surface area contributed by atoms with Crippen LogP contribution in [0.25, 0.3) is 0 Å². The van der Waals surface area contributed by atoms with E-state index in [-0.39, 0.29) is 0 Å². The molecule has 0 aromatic heterocycles. The Bertz CT molecular complexity index is 551. The van der Waals surface area contributed by atoms with Crippen molar-refractivity contribution in [2.45, 2.75) is 26.7 Å². The lowest BCUT2D eigenvalue weighted by Gasteiger charge is -2.09. The van der Waals surface area contributed by atoms with Gasteiger partial charge in [0, 0.05) is 5.56 Å². The fourth-order valence-electron chi connectivity index (χ4n) is 2.10. The summed E-state index contributed by atoms with van der Waals surface area (Å²) >= 11 is 6.35. The Morgan fingerprint density at radius 2 is 1.47 bits per heavy atom. The van der Waals surface area contributed by atoms with Gasteiger partial charge in [0.25, 0.3) is 0 Å². The molecule has 0 atom stereocenters. The number of benzene rings is 2. The SMILES string of the molecule is CCc1cccc(CC)c1N=C(Cl)c1ccccc1. The molecular formula is C17H18ClN. The molecule has 0 heterocycles. The van der Waals surface area contributed by atoms with Crippen LogP contribution < -0.4 is 0 Å². The Balaban J connectivity index is 2.47. The topological polar surface area (TPSA) is 12.4 Å². The number of halogens is 1. The lowest BCUT2D eigenvalue weighted by atomic mass is 10.0. The van der Waals surface area contributed by atoms with Gasteiger partial charge in [-0.15, -0.1) is 0 Å². The van der Waals surface area contributed by atoms with Crippen LogP contribution in [-0.2, 0) is 12.8 Å². The summed E-state index contributed by atoms with van der Waals surface area (Å²) in [5, 5.41) is 0.552. The number of aryl methyl sites for hydroxylation is 2. The van der Waals surface area contributed by atoms with Gasteiger partial charge >= 0.3 is 0 Å². The minimum atomic E-state index is 0.552. The van der Waals surface area contributed by atoms with Crippen molar-refractivity contribution in [3.8, 4) is 0 Å². The quantitative estimate of drug-likeness (QED) is 0.684. The summed E-state index contributed by atoms with van der Waals surface area (Å²) in [5.74, 6) is 0. The van der Waals surface area contributed by atoms with E-state index in [9.17, 15) is 0 Å². The Kier molecular flexibility index (Phi) is 4.75. The third kappa shape index (κ3) is 3.24. The van der Waals surface area contributed by atoms with E-state index >= 15 is 0 Å². The molecule has 2 heteroatoms. The van der Waals surface area contributed by atoms with Crippen molar-refractivity contribution in [2.24, 2.45) is 4.99 Å². The van der Waals surface area contributed by atoms with Crippen molar-refractivity contribution in [1.29, 1.82) is 0 Å². The van der Waals surface area contributed by atoms with E-state index in [1.165, 1.54) is 11.1 Å². The average Bonchev–Trinajstić information content (AvgIpc) is 2.48. The van der Waals surface area contributed by atoms with Gasteiger partial charge in [-0.25, -0.2) is 4.99 Å². The standard InChI is InChI=1S/C17H18ClN/c1-3-13-11-8-12-14(4-2)16(13)19-17(18)15-9-6-5-7-10-15/h5-12H,3-4H2,1-2H3. The Morgan fingerprint density at radius 3 is 2.00 bits per heavy atom. The van der Waals surface area contributed by atoms with Crippen LogP contribution in [0, 0.1) is 0 Å². The van der Waals surface area contributed by atoms with Crippen LogP contribution in [-0.4, -0.2) is 5.17 Å². The number of aliphatic imine (C=N–C) groups is 1. The molecule has 0 unspecified atom stereocenters. The third-order valence-electron chi connectivity index (χ3n) is 3.19. The van der Waals surface area contributed by atoms with Crippen LogP contribution in [0.4, 0.5) is 5.69 Å². The molecule has 0 amide bonds. The molecule has 0 saturated carbocycles. The molecule has 0 aliphatic carbocycles. The van der Waals surface area contributed by atoms with Gasteiger partial charge in [-0.3, -0.25) is 0 Å². The van der Waals surface area contributed by atoms with E-state index in [0.29, 0.717) is 5.17 Å². The van der Waals surface area contributed by atoms with Gasteiger partial charge in [0.2, 0.25) is 0 Å². The summed E-state index contributed by atoms with van der Waals surface area (Å²) in [6, 6.07) is 16.2. The van der Waals surface area contributed by atoms with E-state index in [0.717, 1.165) is 24.1 Å². The second-order valence-corrected chi connectivity index (χ2v) is 4.76. The number of nitrogens with zero attached hydrogens (tertiary/aromatic N) is 1. The van der Waals surface area contributed by atoms with Gasteiger partial charge in [0.15, 0.2) is 0 Å². The molecule has 0 fully saturated rings. The summed E-state index contributed by atoms with van der Waals surface area (Å²) in [7, 11) is 0.